The average molecular weight is 248 g/mol. The van der Waals surface area contributed by atoms with Crippen LogP contribution in [0.4, 0.5) is 0 Å². The molecular formula is C12H20N6. The molecule has 0 aliphatic carbocycles. The third-order valence-electron chi connectivity index (χ3n) is 2.86. The average Bonchev–Trinajstić information content (AvgIpc) is 2.90. The van der Waals surface area contributed by atoms with E-state index in [1.54, 1.807) is 6.20 Å². The van der Waals surface area contributed by atoms with E-state index in [0.717, 1.165) is 25.3 Å². The zero-order chi connectivity index (χ0) is 13.0. The van der Waals surface area contributed by atoms with Gasteiger partial charge in [-0.2, -0.15) is 5.10 Å². The molecule has 2 aromatic heterocycles. The summed E-state index contributed by atoms with van der Waals surface area (Å²) in [6.45, 7) is 8.87. The second kappa shape index (κ2) is 5.77. The number of nitrogens with one attached hydrogen (secondary N) is 1. The Bertz CT molecular complexity index is 473. The van der Waals surface area contributed by atoms with Crippen molar-refractivity contribution in [2.45, 2.75) is 39.9 Å². The first-order valence-electron chi connectivity index (χ1n) is 6.23. The Labute approximate surface area is 107 Å². The van der Waals surface area contributed by atoms with Crippen molar-refractivity contribution in [3.8, 4) is 0 Å². The maximum Gasteiger partial charge on any atom is 0.0692 e. The van der Waals surface area contributed by atoms with E-state index in [0.29, 0.717) is 6.04 Å². The van der Waals surface area contributed by atoms with Gasteiger partial charge < -0.3 is 5.32 Å². The highest BCUT2D eigenvalue weighted by Crippen LogP contribution is 2.02. The van der Waals surface area contributed by atoms with Crippen molar-refractivity contribution in [2.24, 2.45) is 0 Å². The molecule has 0 unspecified atom stereocenters. The van der Waals surface area contributed by atoms with Gasteiger partial charge in [-0.05, 0) is 26.8 Å². The predicted molar refractivity (Wildman–Crippen MR) is 69.2 cm³/mol. The van der Waals surface area contributed by atoms with Gasteiger partial charge in [0.25, 0.3) is 0 Å². The Balaban J connectivity index is 1.75. The van der Waals surface area contributed by atoms with Gasteiger partial charge >= 0.3 is 0 Å². The molecule has 0 fully saturated rings. The van der Waals surface area contributed by atoms with E-state index in [9.17, 15) is 0 Å². The minimum atomic E-state index is 0.381. The molecule has 0 saturated heterocycles. The lowest BCUT2D eigenvalue weighted by molar-refractivity contribution is 0.425. The Morgan fingerprint density at radius 3 is 2.83 bits per heavy atom. The summed E-state index contributed by atoms with van der Waals surface area (Å²) < 4.78 is 3.87. The first kappa shape index (κ1) is 12.8. The highest BCUT2D eigenvalue weighted by atomic mass is 15.4. The van der Waals surface area contributed by atoms with E-state index >= 15 is 0 Å². The molecule has 0 spiro atoms. The third-order valence-corrected chi connectivity index (χ3v) is 2.86. The van der Waals surface area contributed by atoms with Gasteiger partial charge in [0, 0.05) is 24.5 Å². The quantitative estimate of drug-likeness (QED) is 0.820. The molecule has 1 atom stereocenters. The molecule has 0 radical (unpaired) electrons. The van der Waals surface area contributed by atoms with Crippen LogP contribution < -0.4 is 5.32 Å². The second-order valence-electron chi connectivity index (χ2n) is 4.63. The van der Waals surface area contributed by atoms with Crippen LogP contribution in [0.25, 0.3) is 0 Å². The normalized spacial score (nSPS) is 12.8. The highest BCUT2D eigenvalue weighted by Gasteiger charge is 2.06. The van der Waals surface area contributed by atoms with E-state index in [1.165, 1.54) is 5.69 Å². The molecule has 98 valence electrons. The lowest BCUT2D eigenvalue weighted by Gasteiger charge is -2.14. The van der Waals surface area contributed by atoms with Crippen LogP contribution in [0.2, 0.25) is 0 Å². The summed E-state index contributed by atoms with van der Waals surface area (Å²) in [6, 6.07) is 2.48. The van der Waals surface area contributed by atoms with Crippen LogP contribution in [0.15, 0.2) is 18.5 Å². The van der Waals surface area contributed by atoms with Crippen molar-refractivity contribution in [3.63, 3.8) is 0 Å². The number of hydrogen-bond acceptors (Lipinski definition) is 4. The van der Waals surface area contributed by atoms with Gasteiger partial charge in [0.15, 0.2) is 0 Å². The number of rotatable bonds is 6. The van der Waals surface area contributed by atoms with Crippen molar-refractivity contribution in [2.75, 3.05) is 6.54 Å². The monoisotopic (exact) mass is 248 g/mol. The van der Waals surface area contributed by atoms with E-state index in [2.05, 4.69) is 40.6 Å². The van der Waals surface area contributed by atoms with Crippen LogP contribution in [0.1, 0.15) is 18.3 Å². The highest BCUT2D eigenvalue weighted by molar-refractivity contribution is 5.06. The molecule has 0 aliphatic heterocycles. The Kier molecular flexibility index (Phi) is 4.09. The number of nitrogens with zero attached hydrogens (tertiary/aromatic N) is 5. The molecule has 0 amide bonds. The minimum Gasteiger partial charge on any atom is -0.311 e. The lowest BCUT2D eigenvalue weighted by atomic mass is 10.3. The molecule has 6 heteroatoms. The molecule has 2 aromatic rings. The molecule has 0 bridgehead atoms. The van der Waals surface area contributed by atoms with Gasteiger partial charge in [0.2, 0.25) is 0 Å². The predicted octanol–water partition coefficient (Wildman–Crippen LogP) is 0.770. The molecule has 2 rings (SSSR count). The largest absolute Gasteiger partial charge is 0.311 e. The number of aromatic nitrogens is 5. The zero-order valence-electron chi connectivity index (χ0n) is 11.2. The molecule has 6 nitrogen and oxygen atoms in total. The maximum absolute atomic E-state index is 4.46. The van der Waals surface area contributed by atoms with Crippen LogP contribution in [-0.2, 0) is 13.1 Å². The van der Waals surface area contributed by atoms with E-state index in [-0.39, 0.29) is 0 Å². The minimum absolute atomic E-state index is 0.381. The smallest absolute Gasteiger partial charge is 0.0692 e. The summed E-state index contributed by atoms with van der Waals surface area (Å²) in [4.78, 5) is 0. The molecule has 0 saturated carbocycles. The van der Waals surface area contributed by atoms with Crippen molar-refractivity contribution in [1.82, 2.24) is 30.1 Å². The summed E-state index contributed by atoms with van der Waals surface area (Å²) >= 11 is 0. The third kappa shape index (κ3) is 3.40. The van der Waals surface area contributed by atoms with Crippen LogP contribution in [0, 0.1) is 13.8 Å². The van der Waals surface area contributed by atoms with Crippen LogP contribution in [-0.4, -0.2) is 37.4 Å². The van der Waals surface area contributed by atoms with Gasteiger partial charge in [-0.15, -0.1) is 5.10 Å². The van der Waals surface area contributed by atoms with E-state index in [1.807, 2.05) is 22.5 Å². The van der Waals surface area contributed by atoms with Crippen molar-refractivity contribution in [3.05, 3.63) is 29.8 Å². The molecule has 18 heavy (non-hydrogen) atoms. The topological polar surface area (TPSA) is 60.6 Å². The Morgan fingerprint density at radius 2 is 2.22 bits per heavy atom. The first-order chi connectivity index (χ1) is 8.65. The van der Waals surface area contributed by atoms with Crippen molar-refractivity contribution >= 4 is 0 Å². The summed E-state index contributed by atoms with van der Waals surface area (Å²) in [7, 11) is 0. The summed E-state index contributed by atoms with van der Waals surface area (Å²) in [5.41, 5.74) is 2.28. The summed E-state index contributed by atoms with van der Waals surface area (Å²) in [5, 5.41) is 15.6. The van der Waals surface area contributed by atoms with Crippen LogP contribution in [0.5, 0.6) is 0 Å². The molecule has 2 heterocycles. The van der Waals surface area contributed by atoms with Gasteiger partial charge in [0.1, 0.15) is 0 Å². The molecule has 0 aliphatic rings. The number of hydrogen-bond donors (Lipinski definition) is 1. The fraction of sp³-hybridized carbons (Fsp3) is 0.583. The first-order valence-corrected chi connectivity index (χ1v) is 6.23. The molecule has 1 N–H and O–H groups in total. The van der Waals surface area contributed by atoms with Crippen molar-refractivity contribution < 1.29 is 0 Å². The molecular weight excluding hydrogens is 228 g/mol. The second-order valence-corrected chi connectivity index (χ2v) is 4.63. The fourth-order valence-corrected chi connectivity index (χ4v) is 1.96. The summed E-state index contributed by atoms with van der Waals surface area (Å²) in [6.07, 6.45) is 3.56. The van der Waals surface area contributed by atoms with E-state index in [4.69, 9.17) is 0 Å². The van der Waals surface area contributed by atoms with Gasteiger partial charge in [-0.3, -0.25) is 9.36 Å². The molecule has 0 aromatic carbocycles. The standard InChI is InChI=1S/C12H20N6/c1-10-8-12(3)18(15-10)9-11(2)13-4-6-17-7-5-14-16-17/h5,7-8,11,13H,4,6,9H2,1-3H3/t11-/m1/s1. The van der Waals surface area contributed by atoms with Gasteiger partial charge in [-0.25, -0.2) is 0 Å². The Hall–Kier alpha value is -1.69. The zero-order valence-corrected chi connectivity index (χ0v) is 11.2. The SMILES string of the molecule is Cc1cc(C)n(C[C@@H](C)NCCn2ccnn2)n1. The lowest BCUT2D eigenvalue weighted by Crippen LogP contribution is -2.33. The van der Waals surface area contributed by atoms with E-state index < -0.39 is 0 Å². The fourth-order valence-electron chi connectivity index (χ4n) is 1.96. The van der Waals surface area contributed by atoms with Crippen LogP contribution in [0.3, 0.4) is 0 Å². The Morgan fingerprint density at radius 1 is 1.39 bits per heavy atom. The van der Waals surface area contributed by atoms with Gasteiger partial charge in [0.05, 0.1) is 25.0 Å². The van der Waals surface area contributed by atoms with Crippen molar-refractivity contribution in [1.29, 1.82) is 0 Å². The number of aryl methyl sites for hydroxylation is 2. The van der Waals surface area contributed by atoms with Crippen LogP contribution >= 0.6 is 0 Å². The maximum atomic E-state index is 4.46. The van der Waals surface area contributed by atoms with Gasteiger partial charge in [-0.1, -0.05) is 5.21 Å². The summed E-state index contributed by atoms with van der Waals surface area (Å²) in [5.74, 6) is 0.